The molecule has 0 aromatic heterocycles. The normalized spacial score (nSPS) is 10.0. The minimum atomic E-state index is -0.315. The molecule has 0 aliphatic heterocycles. The molecular formula is C18H20N2O3. The van der Waals surface area contributed by atoms with E-state index < -0.39 is 0 Å². The smallest absolute Gasteiger partial charge is 0.262 e. The average Bonchev–Trinajstić information content (AvgIpc) is 2.54. The third-order valence-corrected chi connectivity index (χ3v) is 3.23. The van der Waals surface area contributed by atoms with Crippen LogP contribution in [0, 0.1) is 6.92 Å². The molecule has 0 saturated carbocycles. The maximum Gasteiger partial charge on any atom is 0.262 e. The van der Waals surface area contributed by atoms with Gasteiger partial charge in [0.1, 0.15) is 5.75 Å². The number of carbonyl (C=O) groups is 2. The number of para-hydroxylation sites is 1. The number of aryl methyl sites for hydroxylation is 1. The van der Waals surface area contributed by atoms with Gasteiger partial charge in [-0.2, -0.15) is 0 Å². The lowest BCUT2D eigenvalue weighted by Crippen LogP contribution is -2.25. The van der Waals surface area contributed by atoms with Gasteiger partial charge in [-0.1, -0.05) is 29.8 Å². The van der Waals surface area contributed by atoms with Gasteiger partial charge in [0.25, 0.3) is 11.8 Å². The van der Waals surface area contributed by atoms with Crippen molar-refractivity contribution in [2.45, 2.75) is 6.92 Å². The van der Waals surface area contributed by atoms with E-state index in [1.807, 2.05) is 31.2 Å². The van der Waals surface area contributed by atoms with Crippen molar-refractivity contribution in [3.8, 4) is 5.75 Å². The number of hydrogen-bond acceptors (Lipinski definition) is 3. The molecular weight excluding hydrogens is 292 g/mol. The molecule has 0 saturated heterocycles. The molecule has 2 amide bonds. The first-order valence-corrected chi connectivity index (χ1v) is 7.27. The summed E-state index contributed by atoms with van der Waals surface area (Å²) in [6.07, 6.45) is 0. The summed E-state index contributed by atoms with van der Waals surface area (Å²) in [6, 6.07) is 14.4. The fourth-order valence-corrected chi connectivity index (χ4v) is 1.99. The van der Waals surface area contributed by atoms with Gasteiger partial charge in [0.05, 0.1) is 11.3 Å². The van der Waals surface area contributed by atoms with Crippen molar-refractivity contribution in [1.29, 1.82) is 0 Å². The minimum Gasteiger partial charge on any atom is -0.484 e. The van der Waals surface area contributed by atoms with Crippen molar-refractivity contribution in [2.24, 2.45) is 0 Å². The lowest BCUT2D eigenvalue weighted by molar-refractivity contribution is -0.118. The first-order chi connectivity index (χ1) is 11.0. The lowest BCUT2D eigenvalue weighted by atomic mass is 10.1. The van der Waals surface area contributed by atoms with E-state index in [9.17, 15) is 9.59 Å². The van der Waals surface area contributed by atoms with Crippen LogP contribution >= 0.6 is 0 Å². The Morgan fingerprint density at radius 3 is 2.35 bits per heavy atom. The largest absolute Gasteiger partial charge is 0.484 e. The summed E-state index contributed by atoms with van der Waals surface area (Å²) in [5.41, 5.74) is 2.04. The summed E-state index contributed by atoms with van der Waals surface area (Å²) in [5, 5.41) is 2.72. The second-order valence-electron chi connectivity index (χ2n) is 5.40. The van der Waals surface area contributed by atoms with Crippen LogP contribution in [-0.4, -0.2) is 37.4 Å². The Morgan fingerprint density at radius 2 is 1.70 bits per heavy atom. The number of rotatable bonds is 5. The van der Waals surface area contributed by atoms with Crippen molar-refractivity contribution in [1.82, 2.24) is 4.90 Å². The molecule has 0 spiro atoms. The Kier molecular flexibility index (Phi) is 5.36. The van der Waals surface area contributed by atoms with Crippen LogP contribution in [0.5, 0.6) is 5.75 Å². The van der Waals surface area contributed by atoms with Crippen LogP contribution in [-0.2, 0) is 4.79 Å². The number of nitrogens with zero attached hydrogens (tertiary/aromatic N) is 1. The fraction of sp³-hybridized carbons (Fsp3) is 0.222. The first-order valence-electron chi connectivity index (χ1n) is 7.27. The topological polar surface area (TPSA) is 58.6 Å². The Hall–Kier alpha value is -2.82. The highest BCUT2D eigenvalue weighted by Crippen LogP contribution is 2.17. The molecule has 0 atom stereocenters. The molecule has 5 nitrogen and oxygen atoms in total. The van der Waals surface area contributed by atoms with E-state index in [-0.39, 0.29) is 18.4 Å². The lowest BCUT2D eigenvalue weighted by Gasteiger charge is -2.14. The van der Waals surface area contributed by atoms with E-state index in [0.717, 1.165) is 5.56 Å². The van der Waals surface area contributed by atoms with Gasteiger partial charge in [-0.25, -0.2) is 0 Å². The van der Waals surface area contributed by atoms with Crippen molar-refractivity contribution in [2.75, 3.05) is 26.0 Å². The second kappa shape index (κ2) is 7.45. The molecule has 0 aliphatic rings. The van der Waals surface area contributed by atoms with E-state index >= 15 is 0 Å². The van der Waals surface area contributed by atoms with Gasteiger partial charge in [0.15, 0.2) is 6.61 Å². The Labute approximate surface area is 135 Å². The van der Waals surface area contributed by atoms with Gasteiger partial charge in [0.2, 0.25) is 0 Å². The molecule has 2 aromatic carbocycles. The van der Waals surface area contributed by atoms with Gasteiger partial charge in [-0.15, -0.1) is 0 Å². The molecule has 0 radical (unpaired) electrons. The number of anilines is 1. The van der Waals surface area contributed by atoms with E-state index in [1.54, 1.807) is 38.4 Å². The van der Waals surface area contributed by atoms with Gasteiger partial charge >= 0.3 is 0 Å². The SMILES string of the molecule is Cc1ccc(OCC(=O)Nc2ccccc2C(=O)N(C)C)cc1. The summed E-state index contributed by atoms with van der Waals surface area (Å²) in [7, 11) is 3.34. The number of hydrogen-bond donors (Lipinski definition) is 1. The number of carbonyl (C=O) groups excluding carboxylic acids is 2. The van der Waals surface area contributed by atoms with E-state index in [4.69, 9.17) is 4.74 Å². The summed E-state index contributed by atoms with van der Waals surface area (Å²) < 4.78 is 5.44. The van der Waals surface area contributed by atoms with Gasteiger partial charge < -0.3 is 15.0 Å². The molecule has 5 heteroatoms. The molecule has 0 bridgehead atoms. The second-order valence-corrected chi connectivity index (χ2v) is 5.40. The third-order valence-electron chi connectivity index (χ3n) is 3.23. The standard InChI is InChI=1S/C18H20N2O3/c1-13-8-10-14(11-9-13)23-12-17(21)19-16-7-5-4-6-15(16)18(22)20(2)3/h4-11H,12H2,1-3H3,(H,19,21). The molecule has 0 heterocycles. The van der Waals surface area contributed by atoms with Crippen LogP contribution in [0.2, 0.25) is 0 Å². The monoisotopic (exact) mass is 312 g/mol. The van der Waals surface area contributed by atoms with Crippen molar-refractivity contribution in [3.63, 3.8) is 0 Å². The van der Waals surface area contributed by atoms with Crippen LogP contribution in [0.4, 0.5) is 5.69 Å². The molecule has 120 valence electrons. The van der Waals surface area contributed by atoms with Gasteiger partial charge in [-0.05, 0) is 31.2 Å². The zero-order valence-electron chi connectivity index (χ0n) is 13.5. The maximum absolute atomic E-state index is 12.1. The highest BCUT2D eigenvalue weighted by Gasteiger charge is 2.14. The van der Waals surface area contributed by atoms with Crippen LogP contribution in [0.3, 0.4) is 0 Å². The van der Waals surface area contributed by atoms with Crippen LogP contribution < -0.4 is 10.1 Å². The maximum atomic E-state index is 12.1. The Morgan fingerprint density at radius 1 is 1.04 bits per heavy atom. The number of amides is 2. The van der Waals surface area contributed by atoms with Crippen molar-refractivity contribution in [3.05, 3.63) is 59.7 Å². The van der Waals surface area contributed by atoms with E-state index in [0.29, 0.717) is 17.0 Å². The quantitative estimate of drug-likeness (QED) is 0.923. The van der Waals surface area contributed by atoms with Crippen LogP contribution in [0.25, 0.3) is 0 Å². The predicted octanol–water partition coefficient (Wildman–Crippen LogP) is 2.71. The molecule has 2 aromatic rings. The number of benzene rings is 2. The highest BCUT2D eigenvalue weighted by molar-refractivity contribution is 6.03. The Bertz CT molecular complexity index is 694. The highest BCUT2D eigenvalue weighted by atomic mass is 16.5. The fourth-order valence-electron chi connectivity index (χ4n) is 1.99. The predicted molar refractivity (Wildman–Crippen MR) is 89.8 cm³/mol. The molecule has 0 unspecified atom stereocenters. The van der Waals surface area contributed by atoms with Crippen LogP contribution in [0.15, 0.2) is 48.5 Å². The molecule has 1 N–H and O–H groups in total. The number of ether oxygens (including phenoxy) is 1. The average molecular weight is 312 g/mol. The zero-order valence-corrected chi connectivity index (χ0v) is 13.5. The van der Waals surface area contributed by atoms with Crippen molar-refractivity contribution < 1.29 is 14.3 Å². The molecule has 0 aliphatic carbocycles. The molecule has 23 heavy (non-hydrogen) atoms. The summed E-state index contributed by atoms with van der Waals surface area (Å²) in [4.78, 5) is 25.6. The van der Waals surface area contributed by atoms with E-state index in [2.05, 4.69) is 5.32 Å². The van der Waals surface area contributed by atoms with Gasteiger partial charge in [-0.3, -0.25) is 9.59 Å². The van der Waals surface area contributed by atoms with Crippen molar-refractivity contribution >= 4 is 17.5 Å². The molecule has 2 rings (SSSR count). The summed E-state index contributed by atoms with van der Waals surface area (Å²) in [5.74, 6) is 0.147. The Balaban J connectivity index is 2.00. The first kappa shape index (κ1) is 16.5. The van der Waals surface area contributed by atoms with Crippen LogP contribution in [0.1, 0.15) is 15.9 Å². The summed E-state index contributed by atoms with van der Waals surface area (Å²) in [6.45, 7) is 1.86. The summed E-state index contributed by atoms with van der Waals surface area (Å²) >= 11 is 0. The number of nitrogens with one attached hydrogen (secondary N) is 1. The van der Waals surface area contributed by atoms with Gasteiger partial charge in [0, 0.05) is 14.1 Å². The third kappa shape index (κ3) is 4.57. The molecule has 0 fully saturated rings. The zero-order chi connectivity index (χ0) is 16.8. The van der Waals surface area contributed by atoms with E-state index in [1.165, 1.54) is 4.90 Å². The minimum absolute atomic E-state index is 0.118.